The van der Waals surface area contributed by atoms with Crippen LogP contribution in [0.25, 0.3) is 0 Å². The molecular formula is C19H26O2S. The Balaban J connectivity index is 2.59. The highest BCUT2D eigenvalue weighted by atomic mass is 32.2. The normalized spacial score (nSPS) is 12.6. The largest absolute Gasteiger partial charge is 0.457 e. The topological polar surface area (TPSA) is 26.3 Å². The summed E-state index contributed by atoms with van der Waals surface area (Å²) in [5.41, 5.74) is 2.60. The molecule has 0 bridgehead atoms. The fourth-order valence-corrected chi connectivity index (χ4v) is 2.88. The maximum Gasteiger partial charge on any atom is 0.303 e. The Bertz CT molecular complexity index is 513. The van der Waals surface area contributed by atoms with Gasteiger partial charge in [-0.05, 0) is 51.8 Å². The molecule has 0 aliphatic carbocycles. The van der Waals surface area contributed by atoms with Gasteiger partial charge in [0, 0.05) is 17.6 Å². The Morgan fingerprint density at radius 2 is 1.86 bits per heavy atom. The standard InChI is InChI=1S/C19H26O2S/c1-15(2)9-8-10-16(3)13-18(21-17(4)20)14-22-19-11-6-5-7-12-19/h5-7,9,11-13,18H,8,10,14H2,1-4H3/b16-13-. The minimum atomic E-state index is -0.230. The van der Waals surface area contributed by atoms with E-state index in [9.17, 15) is 4.79 Å². The second-order valence-electron chi connectivity index (χ2n) is 5.61. The van der Waals surface area contributed by atoms with Gasteiger partial charge in [0.05, 0.1) is 0 Å². The third-order valence-corrected chi connectivity index (χ3v) is 4.14. The molecule has 0 saturated carbocycles. The molecule has 0 radical (unpaired) electrons. The van der Waals surface area contributed by atoms with Crippen LogP contribution in [0.15, 0.2) is 58.5 Å². The molecule has 1 rings (SSSR count). The number of ether oxygens (including phenoxy) is 1. The number of carbonyl (C=O) groups excluding carboxylic acids is 1. The van der Waals surface area contributed by atoms with Crippen LogP contribution >= 0.6 is 11.8 Å². The number of thioether (sulfide) groups is 1. The fourth-order valence-electron chi connectivity index (χ4n) is 2.01. The predicted molar refractivity (Wildman–Crippen MR) is 95.1 cm³/mol. The maximum atomic E-state index is 11.3. The lowest BCUT2D eigenvalue weighted by molar-refractivity contribution is -0.143. The van der Waals surface area contributed by atoms with E-state index in [0.29, 0.717) is 0 Å². The summed E-state index contributed by atoms with van der Waals surface area (Å²) in [6.07, 6.45) is 6.17. The third kappa shape index (κ3) is 8.73. The van der Waals surface area contributed by atoms with Crippen molar-refractivity contribution in [2.24, 2.45) is 0 Å². The average molecular weight is 318 g/mol. The first-order valence-corrected chi connectivity index (χ1v) is 8.61. The van der Waals surface area contributed by atoms with Crippen molar-refractivity contribution in [3.63, 3.8) is 0 Å². The van der Waals surface area contributed by atoms with Crippen LogP contribution in [-0.2, 0) is 9.53 Å². The van der Waals surface area contributed by atoms with Crippen molar-refractivity contribution in [2.45, 2.75) is 51.5 Å². The number of allylic oxidation sites excluding steroid dienone is 3. The smallest absolute Gasteiger partial charge is 0.303 e. The molecule has 0 heterocycles. The molecule has 0 fully saturated rings. The van der Waals surface area contributed by atoms with Crippen LogP contribution in [-0.4, -0.2) is 17.8 Å². The molecule has 1 atom stereocenters. The van der Waals surface area contributed by atoms with Gasteiger partial charge in [0.1, 0.15) is 6.10 Å². The van der Waals surface area contributed by atoms with Crippen LogP contribution in [0, 0.1) is 0 Å². The average Bonchev–Trinajstić information content (AvgIpc) is 2.45. The Labute approximate surface area is 138 Å². The summed E-state index contributed by atoms with van der Waals surface area (Å²) in [5, 5.41) is 0. The zero-order valence-corrected chi connectivity index (χ0v) is 14.8. The van der Waals surface area contributed by atoms with E-state index in [1.54, 1.807) is 11.8 Å². The number of benzene rings is 1. The number of carbonyl (C=O) groups is 1. The van der Waals surface area contributed by atoms with Crippen LogP contribution in [0.4, 0.5) is 0 Å². The molecule has 0 spiro atoms. The molecule has 0 saturated heterocycles. The second-order valence-corrected chi connectivity index (χ2v) is 6.70. The van der Waals surface area contributed by atoms with Crippen molar-refractivity contribution >= 4 is 17.7 Å². The predicted octanol–water partition coefficient (Wildman–Crippen LogP) is 5.40. The first kappa shape index (κ1) is 18.6. The van der Waals surface area contributed by atoms with Crippen LogP contribution < -0.4 is 0 Å². The minimum absolute atomic E-state index is 0.172. The third-order valence-electron chi connectivity index (χ3n) is 3.04. The molecule has 3 heteroatoms. The Kier molecular flexibility index (Phi) is 8.68. The van der Waals surface area contributed by atoms with Gasteiger partial charge in [0.2, 0.25) is 0 Å². The first-order valence-electron chi connectivity index (χ1n) is 7.63. The van der Waals surface area contributed by atoms with Crippen LogP contribution in [0.2, 0.25) is 0 Å². The van der Waals surface area contributed by atoms with E-state index >= 15 is 0 Å². The van der Waals surface area contributed by atoms with Crippen molar-refractivity contribution in [2.75, 3.05) is 5.75 Å². The molecule has 0 N–H and O–H groups in total. The molecule has 0 amide bonds. The van der Waals surface area contributed by atoms with Gasteiger partial charge in [0.15, 0.2) is 0 Å². The maximum absolute atomic E-state index is 11.3. The van der Waals surface area contributed by atoms with Gasteiger partial charge in [-0.2, -0.15) is 0 Å². The minimum Gasteiger partial charge on any atom is -0.457 e. The molecule has 0 aliphatic heterocycles. The highest BCUT2D eigenvalue weighted by molar-refractivity contribution is 7.99. The summed E-state index contributed by atoms with van der Waals surface area (Å²) in [4.78, 5) is 12.5. The zero-order valence-electron chi connectivity index (χ0n) is 14.0. The lowest BCUT2D eigenvalue weighted by Crippen LogP contribution is -2.17. The van der Waals surface area contributed by atoms with Crippen molar-refractivity contribution in [3.05, 3.63) is 53.6 Å². The molecule has 120 valence electrons. The van der Waals surface area contributed by atoms with Gasteiger partial charge >= 0.3 is 5.97 Å². The summed E-state index contributed by atoms with van der Waals surface area (Å²) < 4.78 is 5.42. The summed E-state index contributed by atoms with van der Waals surface area (Å²) >= 11 is 1.71. The van der Waals surface area contributed by atoms with E-state index in [1.807, 2.05) is 18.2 Å². The van der Waals surface area contributed by atoms with Crippen molar-refractivity contribution in [1.82, 2.24) is 0 Å². The van der Waals surface area contributed by atoms with Gasteiger partial charge in [-0.1, -0.05) is 35.4 Å². The number of esters is 1. The van der Waals surface area contributed by atoms with Crippen LogP contribution in [0.5, 0.6) is 0 Å². The van der Waals surface area contributed by atoms with Gasteiger partial charge < -0.3 is 4.74 Å². The monoisotopic (exact) mass is 318 g/mol. The molecule has 2 nitrogen and oxygen atoms in total. The van der Waals surface area contributed by atoms with Crippen molar-refractivity contribution in [1.29, 1.82) is 0 Å². The van der Waals surface area contributed by atoms with Gasteiger partial charge in [0.25, 0.3) is 0 Å². The number of hydrogen-bond acceptors (Lipinski definition) is 3. The van der Waals surface area contributed by atoms with Gasteiger partial charge in [-0.15, -0.1) is 11.8 Å². The molecular weight excluding hydrogens is 292 g/mol. The number of hydrogen-bond donors (Lipinski definition) is 0. The molecule has 22 heavy (non-hydrogen) atoms. The van der Waals surface area contributed by atoms with Gasteiger partial charge in [-0.25, -0.2) is 0 Å². The van der Waals surface area contributed by atoms with E-state index in [1.165, 1.54) is 23.0 Å². The molecule has 0 aliphatic rings. The zero-order chi connectivity index (χ0) is 16.4. The summed E-state index contributed by atoms with van der Waals surface area (Å²) in [5.74, 6) is 0.510. The van der Waals surface area contributed by atoms with Crippen LogP contribution in [0.1, 0.15) is 40.5 Å². The van der Waals surface area contributed by atoms with E-state index in [2.05, 4.69) is 45.1 Å². The SMILES string of the molecule is CC(=O)OC(/C=C(/C)CCC=C(C)C)CSc1ccccc1. The highest BCUT2D eigenvalue weighted by Crippen LogP contribution is 2.20. The summed E-state index contributed by atoms with van der Waals surface area (Å²) in [6.45, 7) is 7.78. The van der Waals surface area contributed by atoms with E-state index < -0.39 is 0 Å². The molecule has 1 aromatic carbocycles. The first-order chi connectivity index (χ1) is 10.5. The summed E-state index contributed by atoms with van der Waals surface area (Å²) in [6, 6.07) is 10.2. The van der Waals surface area contributed by atoms with Gasteiger partial charge in [-0.3, -0.25) is 4.79 Å². The number of rotatable bonds is 8. The summed E-state index contributed by atoms with van der Waals surface area (Å²) in [7, 11) is 0. The van der Waals surface area contributed by atoms with E-state index in [-0.39, 0.29) is 12.1 Å². The van der Waals surface area contributed by atoms with Crippen LogP contribution in [0.3, 0.4) is 0 Å². The Morgan fingerprint density at radius 1 is 1.18 bits per heavy atom. The lowest BCUT2D eigenvalue weighted by atomic mass is 10.1. The van der Waals surface area contributed by atoms with E-state index in [0.717, 1.165) is 18.6 Å². The Hall–Kier alpha value is -1.48. The molecule has 1 aromatic rings. The van der Waals surface area contributed by atoms with Crippen molar-refractivity contribution in [3.8, 4) is 0 Å². The second kappa shape index (κ2) is 10.3. The molecule has 0 aromatic heterocycles. The fraction of sp³-hybridized carbons (Fsp3) is 0.421. The highest BCUT2D eigenvalue weighted by Gasteiger charge is 2.10. The van der Waals surface area contributed by atoms with Crippen molar-refractivity contribution < 1.29 is 9.53 Å². The van der Waals surface area contributed by atoms with E-state index in [4.69, 9.17) is 4.74 Å². The molecule has 1 unspecified atom stereocenters. The lowest BCUT2D eigenvalue weighted by Gasteiger charge is -2.14. The Morgan fingerprint density at radius 3 is 2.45 bits per heavy atom. The quantitative estimate of drug-likeness (QED) is 0.364.